The van der Waals surface area contributed by atoms with E-state index in [1.165, 1.54) is 11.3 Å². The third-order valence-electron chi connectivity index (χ3n) is 3.26. The van der Waals surface area contributed by atoms with Crippen LogP contribution in [0.2, 0.25) is 0 Å². The molecule has 0 saturated carbocycles. The third kappa shape index (κ3) is 2.25. The van der Waals surface area contributed by atoms with Crippen molar-refractivity contribution in [1.82, 2.24) is 0 Å². The standard InChI is InChI=1S/C14H14BrNO/c15-12-7-8-17-14(12)9-11-6-5-10-3-1-2-4-13(10)16-11/h1-4,7-8,11,16H,5-6,9H2. The summed E-state index contributed by atoms with van der Waals surface area (Å²) in [4.78, 5) is 0. The van der Waals surface area contributed by atoms with Gasteiger partial charge < -0.3 is 9.73 Å². The number of nitrogens with one attached hydrogen (secondary N) is 1. The quantitative estimate of drug-likeness (QED) is 0.904. The molecule has 0 amide bonds. The van der Waals surface area contributed by atoms with Crippen molar-refractivity contribution in [1.29, 1.82) is 0 Å². The summed E-state index contributed by atoms with van der Waals surface area (Å²) < 4.78 is 6.54. The Labute approximate surface area is 109 Å². The number of halogens is 1. The summed E-state index contributed by atoms with van der Waals surface area (Å²) in [6.07, 6.45) is 4.97. The number of fused-ring (bicyclic) bond motifs is 1. The largest absolute Gasteiger partial charge is 0.468 e. The van der Waals surface area contributed by atoms with Gasteiger partial charge in [-0.3, -0.25) is 0 Å². The summed E-state index contributed by atoms with van der Waals surface area (Å²) in [5.74, 6) is 1.03. The summed E-state index contributed by atoms with van der Waals surface area (Å²) in [6.45, 7) is 0. The van der Waals surface area contributed by atoms with Crippen molar-refractivity contribution in [2.24, 2.45) is 0 Å². The molecule has 1 unspecified atom stereocenters. The van der Waals surface area contributed by atoms with Crippen LogP contribution in [0.4, 0.5) is 5.69 Å². The lowest BCUT2D eigenvalue weighted by Crippen LogP contribution is -2.27. The Hall–Kier alpha value is -1.22. The van der Waals surface area contributed by atoms with Crippen LogP contribution in [0.25, 0.3) is 0 Å². The SMILES string of the molecule is Brc1ccoc1CC1CCc2ccccc2N1. The van der Waals surface area contributed by atoms with Gasteiger partial charge >= 0.3 is 0 Å². The van der Waals surface area contributed by atoms with E-state index in [1.807, 2.05) is 6.07 Å². The van der Waals surface area contributed by atoms with Gasteiger partial charge in [0.15, 0.2) is 0 Å². The lowest BCUT2D eigenvalue weighted by atomic mass is 9.96. The molecule has 1 N–H and O–H groups in total. The molecular formula is C14H14BrNO. The van der Waals surface area contributed by atoms with Crippen LogP contribution >= 0.6 is 15.9 Å². The zero-order valence-electron chi connectivity index (χ0n) is 9.45. The van der Waals surface area contributed by atoms with E-state index in [1.54, 1.807) is 6.26 Å². The van der Waals surface area contributed by atoms with Crippen LogP contribution in [0.5, 0.6) is 0 Å². The first kappa shape index (κ1) is 10.9. The van der Waals surface area contributed by atoms with Crippen molar-refractivity contribution in [3.05, 3.63) is 52.4 Å². The van der Waals surface area contributed by atoms with Crippen molar-refractivity contribution in [2.75, 3.05) is 5.32 Å². The molecule has 1 aliphatic heterocycles. The zero-order valence-corrected chi connectivity index (χ0v) is 11.0. The van der Waals surface area contributed by atoms with Gasteiger partial charge in [-0.05, 0) is 46.5 Å². The molecule has 0 bridgehead atoms. The topological polar surface area (TPSA) is 25.2 Å². The molecule has 0 spiro atoms. The molecule has 1 aromatic carbocycles. The number of anilines is 1. The second-order valence-corrected chi connectivity index (χ2v) is 5.29. The highest BCUT2D eigenvalue weighted by molar-refractivity contribution is 9.10. The Morgan fingerprint density at radius 1 is 1.29 bits per heavy atom. The van der Waals surface area contributed by atoms with Crippen molar-refractivity contribution in [3.8, 4) is 0 Å². The van der Waals surface area contributed by atoms with Gasteiger partial charge in [0.2, 0.25) is 0 Å². The van der Waals surface area contributed by atoms with Gasteiger partial charge in [0, 0.05) is 18.2 Å². The van der Waals surface area contributed by atoms with Crippen LogP contribution in [-0.2, 0) is 12.8 Å². The van der Waals surface area contributed by atoms with Crippen molar-refractivity contribution >= 4 is 21.6 Å². The number of furan rings is 1. The lowest BCUT2D eigenvalue weighted by Gasteiger charge is -2.26. The fourth-order valence-corrected chi connectivity index (χ4v) is 2.71. The van der Waals surface area contributed by atoms with E-state index < -0.39 is 0 Å². The molecule has 0 saturated heterocycles. The average Bonchev–Trinajstić information content (AvgIpc) is 2.75. The second kappa shape index (κ2) is 4.57. The molecule has 1 aliphatic rings. The van der Waals surface area contributed by atoms with Crippen LogP contribution in [0.15, 0.2) is 45.5 Å². The monoisotopic (exact) mass is 291 g/mol. The highest BCUT2D eigenvalue weighted by Crippen LogP contribution is 2.27. The third-order valence-corrected chi connectivity index (χ3v) is 3.97. The zero-order chi connectivity index (χ0) is 11.7. The van der Waals surface area contributed by atoms with E-state index in [9.17, 15) is 0 Å². The predicted octanol–water partition coefficient (Wildman–Crippen LogP) is 4.01. The Kier molecular flexibility index (Phi) is 2.93. The van der Waals surface area contributed by atoms with Gasteiger partial charge in [-0.1, -0.05) is 18.2 Å². The van der Waals surface area contributed by atoms with Crippen molar-refractivity contribution < 1.29 is 4.42 Å². The normalized spacial score (nSPS) is 18.5. The van der Waals surface area contributed by atoms with Crippen molar-refractivity contribution in [2.45, 2.75) is 25.3 Å². The first-order valence-corrected chi connectivity index (χ1v) is 6.68. The molecule has 1 atom stereocenters. The highest BCUT2D eigenvalue weighted by Gasteiger charge is 2.19. The molecule has 17 heavy (non-hydrogen) atoms. The van der Waals surface area contributed by atoms with Crippen LogP contribution in [0.3, 0.4) is 0 Å². The summed E-state index contributed by atoms with van der Waals surface area (Å²) in [5.41, 5.74) is 2.69. The highest BCUT2D eigenvalue weighted by atomic mass is 79.9. The molecule has 0 radical (unpaired) electrons. The van der Waals surface area contributed by atoms with Crippen molar-refractivity contribution in [3.63, 3.8) is 0 Å². The smallest absolute Gasteiger partial charge is 0.119 e. The second-order valence-electron chi connectivity index (χ2n) is 4.43. The molecule has 2 heterocycles. The van der Waals surface area contributed by atoms with Crippen LogP contribution < -0.4 is 5.32 Å². The summed E-state index contributed by atoms with van der Waals surface area (Å²) in [5, 5.41) is 3.58. The number of benzene rings is 1. The van der Waals surface area contributed by atoms with Gasteiger partial charge in [-0.15, -0.1) is 0 Å². The number of hydrogen-bond donors (Lipinski definition) is 1. The number of para-hydroxylation sites is 1. The molecule has 88 valence electrons. The van der Waals surface area contributed by atoms with E-state index in [2.05, 4.69) is 45.5 Å². The molecule has 2 aromatic rings. The fourth-order valence-electron chi connectivity index (χ4n) is 2.35. The Morgan fingerprint density at radius 2 is 2.18 bits per heavy atom. The molecule has 3 heteroatoms. The number of aryl methyl sites for hydroxylation is 1. The van der Waals surface area contributed by atoms with Gasteiger partial charge in [-0.25, -0.2) is 0 Å². The predicted molar refractivity (Wildman–Crippen MR) is 72.3 cm³/mol. The number of hydrogen-bond acceptors (Lipinski definition) is 2. The van der Waals surface area contributed by atoms with E-state index in [0.29, 0.717) is 6.04 Å². The van der Waals surface area contributed by atoms with E-state index in [0.717, 1.165) is 29.5 Å². The lowest BCUT2D eigenvalue weighted by molar-refractivity contribution is 0.478. The Morgan fingerprint density at radius 3 is 3.00 bits per heavy atom. The summed E-state index contributed by atoms with van der Waals surface area (Å²) in [7, 11) is 0. The molecule has 0 aliphatic carbocycles. The minimum Gasteiger partial charge on any atom is -0.468 e. The van der Waals surface area contributed by atoms with Crippen LogP contribution in [-0.4, -0.2) is 6.04 Å². The minimum absolute atomic E-state index is 0.465. The van der Waals surface area contributed by atoms with Gasteiger partial charge in [-0.2, -0.15) is 0 Å². The maximum atomic E-state index is 5.47. The maximum absolute atomic E-state index is 5.47. The molecule has 3 rings (SSSR count). The summed E-state index contributed by atoms with van der Waals surface area (Å²) >= 11 is 3.50. The molecule has 0 fully saturated rings. The first-order chi connectivity index (χ1) is 8.33. The average molecular weight is 292 g/mol. The Bertz CT molecular complexity index is 520. The minimum atomic E-state index is 0.465. The fraction of sp³-hybridized carbons (Fsp3) is 0.286. The molecular weight excluding hydrogens is 278 g/mol. The van der Waals surface area contributed by atoms with Gasteiger partial charge in [0.05, 0.1) is 10.7 Å². The van der Waals surface area contributed by atoms with E-state index in [-0.39, 0.29) is 0 Å². The molecule has 2 nitrogen and oxygen atoms in total. The molecule has 1 aromatic heterocycles. The maximum Gasteiger partial charge on any atom is 0.119 e. The summed E-state index contributed by atoms with van der Waals surface area (Å²) in [6, 6.07) is 10.9. The Balaban J connectivity index is 1.74. The van der Waals surface area contributed by atoms with E-state index in [4.69, 9.17) is 4.42 Å². The van der Waals surface area contributed by atoms with E-state index >= 15 is 0 Å². The van der Waals surface area contributed by atoms with Crippen LogP contribution in [0, 0.1) is 0 Å². The number of rotatable bonds is 2. The van der Waals surface area contributed by atoms with Gasteiger partial charge in [0.25, 0.3) is 0 Å². The van der Waals surface area contributed by atoms with Crippen LogP contribution in [0.1, 0.15) is 17.7 Å². The first-order valence-electron chi connectivity index (χ1n) is 5.89. The van der Waals surface area contributed by atoms with Gasteiger partial charge in [0.1, 0.15) is 5.76 Å².